The summed E-state index contributed by atoms with van der Waals surface area (Å²) in [7, 11) is 0. The number of hydrogen-bond donors (Lipinski definition) is 1. The molecule has 1 unspecified atom stereocenters. The van der Waals surface area contributed by atoms with Crippen molar-refractivity contribution in [2.75, 3.05) is 0 Å². The van der Waals surface area contributed by atoms with Crippen LogP contribution in [0.15, 0.2) is 35.4 Å². The van der Waals surface area contributed by atoms with Crippen molar-refractivity contribution in [2.24, 2.45) is 5.92 Å². The summed E-state index contributed by atoms with van der Waals surface area (Å²) < 4.78 is 0. The molecule has 0 heterocycles. The molecule has 2 nitrogen and oxygen atoms in total. The Morgan fingerprint density at radius 2 is 2.42 bits per heavy atom. The standard InChI is InChI=1S/C9H9ClO2/c1-6-7(5-9(11)12)3-2-4-8(6)10/h2-4,7H,1,5H2,(H,11,12). The Bertz CT molecular complexity index is 276. The van der Waals surface area contributed by atoms with Gasteiger partial charge in [-0.15, -0.1) is 0 Å². The number of allylic oxidation sites excluding steroid dienone is 5. The van der Waals surface area contributed by atoms with E-state index < -0.39 is 5.97 Å². The van der Waals surface area contributed by atoms with Crippen molar-refractivity contribution in [2.45, 2.75) is 6.42 Å². The third-order valence-corrected chi connectivity index (χ3v) is 2.10. The molecule has 0 bridgehead atoms. The number of rotatable bonds is 2. The quantitative estimate of drug-likeness (QED) is 0.715. The van der Waals surface area contributed by atoms with Crippen molar-refractivity contribution < 1.29 is 9.90 Å². The summed E-state index contributed by atoms with van der Waals surface area (Å²) in [6.07, 6.45) is 5.31. The predicted molar refractivity (Wildman–Crippen MR) is 48.0 cm³/mol. The van der Waals surface area contributed by atoms with E-state index in [2.05, 4.69) is 6.58 Å². The van der Waals surface area contributed by atoms with Crippen molar-refractivity contribution >= 4 is 17.6 Å². The van der Waals surface area contributed by atoms with E-state index >= 15 is 0 Å². The maximum absolute atomic E-state index is 10.4. The number of aliphatic carboxylic acids is 1. The fourth-order valence-electron chi connectivity index (χ4n) is 1.05. The molecule has 1 N–H and O–H groups in total. The molecule has 1 atom stereocenters. The minimum Gasteiger partial charge on any atom is -0.481 e. The first kappa shape index (κ1) is 9.07. The van der Waals surface area contributed by atoms with Gasteiger partial charge in [-0.25, -0.2) is 0 Å². The van der Waals surface area contributed by atoms with Gasteiger partial charge in [-0.05, 0) is 11.6 Å². The summed E-state index contributed by atoms with van der Waals surface area (Å²) in [5.41, 5.74) is 0.682. The fourth-order valence-corrected chi connectivity index (χ4v) is 1.27. The van der Waals surface area contributed by atoms with Crippen LogP contribution in [0.25, 0.3) is 0 Å². The molecule has 0 aliphatic heterocycles. The first-order chi connectivity index (χ1) is 5.61. The average molecular weight is 185 g/mol. The SMILES string of the molecule is C=C1C(Cl)=CC=CC1CC(=O)O. The predicted octanol–water partition coefficient (Wildman–Crippen LogP) is 2.33. The molecule has 3 heteroatoms. The number of carbonyl (C=O) groups is 1. The van der Waals surface area contributed by atoms with Gasteiger partial charge in [0.25, 0.3) is 0 Å². The van der Waals surface area contributed by atoms with Gasteiger partial charge in [0.1, 0.15) is 0 Å². The Hall–Kier alpha value is -1.02. The highest BCUT2D eigenvalue weighted by molar-refractivity contribution is 6.32. The van der Waals surface area contributed by atoms with Crippen molar-refractivity contribution in [1.29, 1.82) is 0 Å². The Labute approximate surface area is 75.8 Å². The molecule has 0 saturated heterocycles. The second-order valence-electron chi connectivity index (χ2n) is 2.63. The van der Waals surface area contributed by atoms with Crippen LogP contribution in [0.4, 0.5) is 0 Å². The Kier molecular flexibility index (Phi) is 2.71. The van der Waals surface area contributed by atoms with Crippen LogP contribution in [0.2, 0.25) is 0 Å². The molecular formula is C9H9ClO2. The monoisotopic (exact) mass is 184 g/mol. The van der Waals surface area contributed by atoms with E-state index in [4.69, 9.17) is 16.7 Å². The molecular weight excluding hydrogens is 176 g/mol. The molecule has 64 valence electrons. The molecule has 0 amide bonds. The van der Waals surface area contributed by atoms with Crippen LogP contribution in [-0.2, 0) is 4.79 Å². The van der Waals surface area contributed by atoms with Crippen LogP contribution in [0.3, 0.4) is 0 Å². The van der Waals surface area contributed by atoms with Gasteiger partial charge >= 0.3 is 5.97 Å². The normalized spacial score (nSPS) is 22.2. The maximum Gasteiger partial charge on any atom is 0.304 e. The highest BCUT2D eigenvalue weighted by atomic mass is 35.5. The Balaban J connectivity index is 2.70. The van der Waals surface area contributed by atoms with Crippen molar-refractivity contribution in [3.05, 3.63) is 35.4 Å². The molecule has 0 aromatic carbocycles. The van der Waals surface area contributed by atoms with Gasteiger partial charge in [-0.2, -0.15) is 0 Å². The minimum absolute atomic E-state index is 0.0550. The van der Waals surface area contributed by atoms with Crippen LogP contribution < -0.4 is 0 Å². The summed E-state index contributed by atoms with van der Waals surface area (Å²) in [6.45, 7) is 3.71. The summed E-state index contributed by atoms with van der Waals surface area (Å²) in [4.78, 5) is 10.4. The van der Waals surface area contributed by atoms with E-state index in [9.17, 15) is 4.79 Å². The molecule has 0 fully saturated rings. The maximum atomic E-state index is 10.4. The Morgan fingerprint density at radius 1 is 1.75 bits per heavy atom. The van der Waals surface area contributed by atoms with Gasteiger partial charge in [0.15, 0.2) is 0 Å². The van der Waals surface area contributed by atoms with Gasteiger partial charge in [0.05, 0.1) is 6.42 Å². The summed E-state index contributed by atoms with van der Waals surface area (Å²) in [6, 6.07) is 0. The van der Waals surface area contributed by atoms with E-state index in [1.54, 1.807) is 18.2 Å². The van der Waals surface area contributed by atoms with E-state index in [1.807, 2.05) is 0 Å². The largest absolute Gasteiger partial charge is 0.481 e. The molecule has 0 aromatic rings. The van der Waals surface area contributed by atoms with Crippen LogP contribution in [0, 0.1) is 5.92 Å². The minimum atomic E-state index is -0.836. The second-order valence-corrected chi connectivity index (χ2v) is 3.04. The molecule has 0 spiro atoms. The topological polar surface area (TPSA) is 37.3 Å². The molecule has 0 radical (unpaired) electrons. The zero-order valence-corrected chi connectivity index (χ0v) is 7.21. The number of hydrogen-bond acceptors (Lipinski definition) is 1. The zero-order chi connectivity index (χ0) is 9.14. The molecule has 12 heavy (non-hydrogen) atoms. The van der Waals surface area contributed by atoms with E-state index in [0.717, 1.165) is 0 Å². The third kappa shape index (κ3) is 1.98. The molecule has 0 aromatic heterocycles. The summed E-state index contributed by atoms with van der Waals surface area (Å²) in [5, 5.41) is 9.08. The summed E-state index contributed by atoms with van der Waals surface area (Å²) in [5.74, 6) is -0.989. The molecule has 0 saturated carbocycles. The summed E-state index contributed by atoms with van der Waals surface area (Å²) >= 11 is 5.76. The molecule has 1 aliphatic rings. The lowest BCUT2D eigenvalue weighted by Crippen LogP contribution is -2.09. The van der Waals surface area contributed by atoms with Crippen LogP contribution >= 0.6 is 11.6 Å². The lowest BCUT2D eigenvalue weighted by molar-refractivity contribution is -0.137. The van der Waals surface area contributed by atoms with E-state index in [1.165, 1.54) is 0 Å². The number of carboxylic acids is 1. The van der Waals surface area contributed by atoms with Crippen molar-refractivity contribution in [3.63, 3.8) is 0 Å². The first-order valence-corrected chi connectivity index (χ1v) is 3.94. The Morgan fingerprint density at radius 3 is 3.00 bits per heavy atom. The first-order valence-electron chi connectivity index (χ1n) is 3.56. The van der Waals surface area contributed by atoms with Gasteiger partial charge in [-0.3, -0.25) is 4.79 Å². The van der Waals surface area contributed by atoms with Crippen molar-refractivity contribution in [1.82, 2.24) is 0 Å². The van der Waals surface area contributed by atoms with Crippen molar-refractivity contribution in [3.8, 4) is 0 Å². The zero-order valence-electron chi connectivity index (χ0n) is 6.46. The number of carboxylic acid groups (broad SMARTS) is 1. The van der Waals surface area contributed by atoms with Gasteiger partial charge in [0.2, 0.25) is 0 Å². The molecule has 1 aliphatic carbocycles. The van der Waals surface area contributed by atoms with Gasteiger partial charge in [0, 0.05) is 11.0 Å². The lowest BCUT2D eigenvalue weighted by Gasteiger charge is -2.15. The molecule has 1 rings (SSSR count). The van der Waals surface area contributed by atoms with Crippen LogP contribution in [0.1, 0.15) is 6.42 Å². The smallest absolute Gasteiger partial charge is 0.304 e. The average Bonchev–Trinajstić information content (AvgIpc) is 1.98. The lowest BCUT2D eigenvalue weighted by atomic mass is 9.93. The van der Waals surface area contributed by atoms with Gasteiger partial charge < -0.3 is 5.11 Å². The van der Waals surface area contributed by atoms with E-state index in [0.29, 0.717) is 10.6 Å². The highest BCUT2D eigenvalue weighted by Gasteiger charge is 2.17. The van der Waals surface area contributed by atoms with Crippen LogP contribution in [0.5, 0.6) is 0 Å². The third-order valence-electron chi connectivity index (χ3n) is 1.73. The highest BCUT2D eigenvalue weighted by Crippen LogP contribution is 2.28. The van der Waals surface area contributed by atoms with E-state index in [-0.39, 0.29) is 12.3 Å². The number of halogens is 1. The van der Waals surface area contributed by atoms with Crippen LogP contribution in [-0.4, -0.2) is 11.1 Å². The fraction of sp³-hybridized carbons (Fsp3) is 0.222. The second kappa shape index (κ2) is 3.59. The van der Waals surface area contributed by atoms with Gasteiger partial charge in [-0.1, -0.05) is 30.3 Å².